The number of phenolic OH excluding ortho intramolecular Hbond substituents is 2. The maximum Gasteiger partial charge on any atom is 0.192 e. The van der Waals surface area contributed by atoms with E-state index >= 15 is 0 Å². The second kappa shape index (κ2) is 16.3. The molecule has 2 N–H and O–H groups in total. The second-order valence-corrected chi connectivity index (χ2v) is 25.9. The molecule has 0 bridgehead atoms. The Morgan fingerprint density at radius 3 is 1.59 bits per heavy atom. The molecule has 0 saturated heterocycles. The van der Waals surface area contributed by atoms with E-state index in [2.05, 4.69) is 92.0 Å². The van der Waals surface area contributed by atoms with Crippen LogP contribution in [0.3, 0.4) is 0 Å². The minimum absolute atomic E-state index is 0.0516. The minimum Gasteiger partial charge on any atom is -0.508 e. The first kappa shape index (κ1) is 38.6. The fourth-order valence-electron chi connectivity index (χ4n) is 6.94. The van der Waals surface area contributed by atoms with Crippen molar-refractivity contribution < 1.29 is 14.6 Å². The summed E-state index contributed by atoms with van der Waals surface area (Å²) in [5.41, 5.74) is 4.31. The van der Waals surface area contributed by atoms with E-state index in [4.69, 9.17) is 4.43 Å². The molecule has 2 aromatic carbocycles. The summed E-state index contributed by atoms with van der Waals surface area (Å²) < 4.78 is 7.53. The molecule has 5 heteroatoms. The molecular formula is C39H68O3Si2. The maximum atomic E-state index is 10.5. The van der Waals surface area contributed by atoms with E-state index < -0.39 is 16.4 Å². The van der Waals surface area contributed by atoms with E-state index in [0.717, 1.165) is 17.5 Å². The highest BCUT2D eigenvalue weighted by atomic mass is 28.4. The first-order valence-electron chi connectivity index (χ1n) is 17.7. The van der Waals surface area contributed by atoms with Crippen LogP contribution in [0.2, 0.25) is 37.3 Å². The predicted molar refractivity (Wildman–Crippen MR) is 198 cm³/mol. The van der Waals surface area contributed by atoms with Crippen LogP contribution in [0.5, 0.6) is 11.5 Å². The summed E-state index contributed by atoms with van der Waals surface area (Å²) in [7, 11) is -3.95. The average Bonchev–Trinajstić information content (AvgIpc) is 2.93. The van der Waals surface area contributed by atoms with Gasteiger partial charge < -0.3 is 14.6 Å². The van der Waals surface area contributed by atoms with Gasteiger partial charge in [-0.15, -0.1) is 0 Å². The van der Waals surface area contributed by atoms with Crippen LogP contribution in [-0.4, -0.2) is 31.8 Å². The lowest BCUT2D eigenvalue weighted by Crippen LogP contribution is -2.60. The van der Waals surface area contributed by atoms with Gasteiger partial charge in [0.05, 0.1) is 8.07 Å². The van der Waals surface area contributed by atoms with Gasteiger partial charge in [0, 0.05) is 11.1 Å². The molecule has 1 atom stereocenters. The molecule has 0 fully saturated rings. The van der Waals surface area contributed by atoms with Gasteiger partial charge in [0.1, 0.15) is 11.5 Å². The van der Waals surface area contributed by atoms with Crippen molar-refractivity contribution in [2.45, 2.75) is 168 Å². The molecule has 44 heavy (non-hydrogen) atoms. The van der Waals surface area contributed by atoms with E-state index in [9.17, 15) is 10.2 Å². The largest absolute Gasteiger partial charge is 0.508 e. The Balaban J connectivity index is 2.63. The monoisotopic (exact) mass is 640 g/mol. The maximum absolute atomic E-state index is 10.5. The summed E-state index contributed by atoms with van der Waals surface area (Å²) in [4.78, 5) is 0. The minimum atomic E-state index is -2.31. The summed E-state index contributed by atoms with van der Waals surface area (Å²) in [6.07, 6.45) is 12.7. The highest BCUT2D eigenvalue weighted by Crippen LogP contribution is 2.56. The van der Waals surface area contributed by atoms with Crippen LogP contribution < -0.4 is 0 Å². The van der Waals surface area contributed by atoms with Crippen LogP contribution in [0.4, 0.5) is 0 Å². The molecule has 0 amide bonds. The van der Waals surface area contributed by atoms with E-state index in [1.807, 2.05) is 26.0 Å². The number of benzene rings is 2. The third-order valence-corrected chi connectivity index (χ3v) is 21.1. The van der Waals surface area contributed by atoms with Gasteiger partial charge in [0.2, 0.25) is 0 Å². The van der Waals surface area contributed by atoms with Crippen LogP contribution in [0.15, 0.2) is 36.4 Å². The van der Waals surface area contributed by atoms with Gasteiger partial charge in [-0.3, -0.25) is 0 Å². The molecule has 2 rings (SSSR count). The van der Waals surface area contributed by atoms with Crippen LogP contribution in [0.25, 0.3) is 0 Å². The molecule has 0 aromatic heterocycles. The fourth-order valence-corrected chi connectivity index (χ4v) is 13.4. The molecule has 0 spiro atoms. The molecule has 1 unspecified atom stereocenters. The standard InChI is InChI=1S/C39H68O3Si2/c1-13-15-17-18-19-20-21-22-34(38(5,6)44(11,12)42-39(7,8)43(9,10)27-16-14-2)37(32-23-25-35(40)30(3)28-32)33-24-26-36(41)31(4)29-33/h23-26,28-29,34,37,40-41H,13-22,27H2,1-12H3. The SMILES string of the molecule is CCCCCCCCCC(C(c1ccc(O)c(C)c1)c1ccc(O)c(C)c1)C(C)(C)[Si](C)(C)OC(C)(C)[Si](C)(C)CCCC. The Kier molecular flexibility index (Phi) is 14.3. The Morgan fingerprint density at radius 1 is 0.682 bits per heavy atom. The first-order valence-corrected chi connectivity index (χ1v) is 23.8. The zero-order chi connectivity index (χ0) is 33.3. The van der Waals surface area contributed by atoms with Crippen molar-refractivity contribution in [2.24, 2.45) is 5.92 Å². The quantitative estimate of drug-likeness (QED) is 0.119. The first-order chi connectivity index (χ1) is 20.4. The number of aromatic hydroxyl groups is 2. The Labute approximate surface area is 274 Å². The number of hydrogen-bond acceptors (Lipinski definition) is 3. The average molecular weight is 641 g/mol. The van der Waals surface area contributed by atoms with Crippen molar-refractivity contribution in [2.75, 3.05) is 0 Å². The molecule has 0 aliphatic carbocycles. The van der Waals surface area contributed by atoms with E-state index in [1.165, 1.54) is 75.0 Å². The topological polar surface area (TPSA) is 49.7 Å². The highest BCUT2D eigenvalue weighted by Gasteiger charge is 2.53. The lowest BCUT2D eigenvalue weighted by atomic mass is 9.72. The summed E-state index contributed by atoms with van der Waals surface area (Å²) in [5.74, 6) is 1.16. The molecule has 0 saturated carbocycles. The van der Waals surface area contributed by atoms with Crippen molar-refractivity contribution in [3.05, 3.63) is 58.7 Å². The zero-order valence-electron chi connectivity index (χ0n) is 30.7. The number of rotatable bonds is 19. The Morgan fingerprint density at radius 2 is 1.14 bits per heavy atom. The number of hydrogen-bond donors (Lipinski definition) is 2. The van der Waals surface area contributed by atoms with Gasteiger partial charge in [-0.1, -0.05) is 129 Å². The van der Waals surface area contributed by atoms with Crippen molar-refractivity contribution in [1.29, 1.82) is 0 Å². The van der Waals surface area contributed by atoms with E-state index in [-0.39, 0.29) is 16.2 Å². The smallest absolute Gasteiger partial charge is 0.192 e. The van der Waals surface area contributed by atoms with E-state index in [0.29, 0.717) is 17.4 Å². The van der Waals surface area contributed by atoms with Gasteiger partial charge in [-0.2, -0.15) is 0 Å². The van der Waals surface area contributed by atoms with E-state index in [1.54, 1.807) is 0 Å². The second-order valence-electron chi connectivity index (χ2n) is 15.9. The molecule has 0 aliphatic rings. The van der Waals surface area contributed by atoms with Gasteiger partial charge in [0.15, 0.2) is 8.32 Å². The normalized spacial score (nSPS) is 13.9. The molecule has 250 valence electrons. The van der Waals surface area contributed by atoms with Crippen molar-refractivity contribution >= 4 is 16.4 Å². The Bertz CT molecular complexity index is 1120. The zero-order valence-corrected chi connectivity index (χ0v) is 32.7. The molecular weight excluding hydrogens is 573 g/mol. The van der Waals surface area contributed by atoms with Crippen molar-refractivity contribution in [3.8, 4) is 11.5 Å². The summed E-state index contributed by atoms with van der Waals surface area (Å²) in [5, 5.41) is 20.8. The Hall–Kier alpha value is -1.57. The lowest BCUT2D eigenvalue weighted by Gasteiger charge is -2.53. The van der Waals surface area contributed by atoms with Gasteiger partial charge >= 0.3 is 0 Å². The van der Waals surface area contributed by atoms with Crippen molar-refractivity contribution in [1.82, 2.24) is 0 Å². The van der Waals surface area contributed by atoms with Gasteiger partial charge in [-0.25, -0.2) is 0 Å². The van der Waals surface area contributed by atoms with Crippen LogP contribution >= 0.6 is 0 Å². The molecule has 0 heterocycles. The third kappa shape index (κ3) is 9.72. The van der Waals surface area contributed by atoms with Gasteiger partial charge in [0.25, 0.3) is 0 Å². The number of aryl methyl sites for hydroxylation is 2. The van der Waals surface area contributed by atoms with Crippen LogP contribution in [-0.2, 0) is 4.43 Å². The molecule has 2 aromatic rings. The lowest BCUT2D eigenvalue weighted by molar-refractivity contribution is 0.147. The summed E-state index contributed by atoms with van der Waals surface area (Å²) in [6.45, 7) is 28.3. The number of phenols is 2. The highest BCUT2D eigenvalue weighted by molar-refractivity contribution is 6.82. The molecule has 0 radical (unpaired) electrons. The van der Waals surface area contributed by atoms with Crippen LogP contribution in [0.1, 0.15) is 134 Å². The van der Waals surface area contributed by atoms with Gasteiger partial charge in [-0.05, 0) is 92.6 Å². The summed E-state index contributed by atoms with van der Waals surface area (Å²) >= 11 is 0. The van der Waals surface area contributed by atoms with Crippen molar-refractivity contribution in [3.63, 3.8) is 0 Å². The molecule has 3 nitrogen and oxygen atoms in total. The summed E-state index contributed by atoms with van der Waals surface area (Å²) in [6, 6.07) is 13.7. The third-order valence-electron chi connectivity index (χ3n) is 11.5. The predicted octanol–water partition coefficient (Wildman–Crippen LogP) is 12.4. The number of unbranched alkanes of at least 4 members (excludes halogenated alkanes) is 7. The molecule has 0 aliphatic heterocycles. The van der Waals surface area contributed by atoms with Crippen LogP contribution in [0, 0.1) is 19.8 Å². The fraction of sp³-hybridized carbons (Fsp3) is 0.692.